The second-order valence-electron chi connectivity index (χ2n) is 8.33. The highest BCUT2D eigenvalue weighted by atomic mass is 32.2. The first-order valence-corrected chi connectivity index (χ1v) is 11.7. The predicted octanol–water partition coefficient (Wildman–Crippen LogP) is 2.06. The Morgan fingerprint density at radius 2 is 1.97 bits per heavy atom. The number of ether oxygens (including phenoxy) is 2. The third kappa shape index (κ3) is 3.97. The van der Waals surface area contributed by atoms with Gasteiger partial charge in [0.15, 0.2) is 23.2 Å². The smallest absolute Gasteiger partial charge is 0.167 e. The van der Waals surface area contributed by atoms with E-state index in [1.165, 1.54) is 22.3 Å². The van der Waals surface area contributed by atoms with Crippen molar-refractivity contribution in [1.82, 2.24) is 19.5 Å². The van der Waals surface area contributed by atoms with Crippen LogP contribution in [0.4, 0.5) is 5.82 Å². The Bertz CT molecular complexity index is 1080. The first-order valence-electron chi connectivity index (χ1n) is 10.8. The number of anilines is 1. The maximum atomic E-state index is 10.8. The number of hydrogen-bond acceptors (Lipinski definition) is 9. The van der Waals surface area contributed by atoms with Crippen LogP contribution in [0, 0.1) is 13.8 Å². The minimum Gasteiger partial charge on any atom is -0.387 e. The number of hydrogen-bond donors (Lipinski definition) is 3. The van der Waals surface area contributed by atoms with E-state index in [2.05, 4.69) is 46.2 Å². The molecule has 4 heterocycles. The average molecular weight is 458 g/mol. The van der Waals surface area contributed by atoms with Gasteiger partial charge in [0.25, 0.3) is 0 Å². The van der Waals surface area contributed by atoms with Gasteiger partial charge in [0, 0.05) is 17.3 Å². The molecule has 0 spiro atoms. The van der Waals surface area contributed by atoms with Crippen molar-refractivity contribution in [3.8, 4) is 0 Å². The minimum absolute atomic E-state index is 0.180. The first kappa shape index (κ1) is 21.6. The van der Waals surface area contributed by atoms with Gasteiger partial charge in [0.05, 0.1) is 25.1 Å². The number of aliphatic hydroxyl groups excluding tert-OH is 2. The maximum Gasteiger partial charge on any atom is 0.167 e. The van der Waals surface area contributed by atoms with Crippen LogP contribution in [0.3, 0.4) is 0 Å². The molecule has 32 heavy (non-hydrogen) atoms. The van der Waals surface area contributed by atoms with E-state index in [9.17, 15) is 10.2 Å². The van der Waals surface area contributed by atoms with Crippen LogP contribution in [0.1, 0.15) is 23.8 Å². The van der Waals surface area contributed by atoms with E-state index in [1.807, 2.05) is 6.07 Å². The molecule has 5 rings (SSSR count). The molecule has 0 radical (unpaired) electrons. The number of imidazole rings is 1. The largest absolute Gasteiger partial charge is 0.387 e. The third-order valence-corrected chi connectivity index (χ3v) is 7.47. The summed E-state index contributed by atoms with van der Waals surface area (Å²) < 4.78 is 13.2. The van der Waals surface area contributed by atoms with Crippen molar-refractivity contribution in [2.24, 2.45) is 0 Å². The predicted molar refractivity (Wildman–Crippen MR) is 121 cm³/mol. The van der Waals surface area contributed by atoms with Gasteiger partial charge < -0.3 is 25.0 Å². The molecular weight excluding hydrogens is 430 g/mol. The Morgan fingerprint density at radius 3 is 2.72 bits per heavy atom. The zero-order chi connectivity index (χ0) is 22.2. The Kier molecular flexibility index (Phi) is 6.04. The summed E-state index contributed by atoms with van der Waals surface area (Å²) in [5.41, 5.74) is 3.51. The Balaban J connectivity index is 1.34. The quantitative estimate of drug-likeness (QED) is 0.479. The van der Waals surface area contributed by atoms with Crippen LogP contribution in [0.5, 0.6) is 0 Å². The zero-order valence-electron chi connectivity index (χ0n) is 18.0. The summed E-state index contributed by atoms with van der Waals surface area (Å²) in [4.78, 5) is 14.3. The van der Waals surface area contributed by atoms with Crippen molar-refractivity contribution < 1.29 is 19.7 Å². The summed E-state index contributed by atoms with van der Waals surface area (Å²) >= 11 is 1.63. The molecule has 2 aromatic heterocycles. The molecule has 9 nitrogen and oxygen atoms in total. The standard InChI is InChI=1S/C22H27N5O4S/c1-12-4-3-5-13(2)19(12)32-9-15-17(28)18(29)22(31-15)27-11-25-16-20(23-10-24-21(16)27)26-14-6-7-30-8-14/h3-5,10-11,14-15,17-18,22,28-29H,6-9H2,1-2H3,(H,23,24,26)/t14?,15-,17-,18-,22?/m1/s1. The van der Waals surface area contributed by atoms with Gasteiger partial charge in [-0.15, -0.1) is 11.8 Å². The van der Waals surface area contributed by atoms with E-state index in [0.29, 0.717) is 29.3 Å². The van der Waals surface area contributed by atoms with Crippen molar-refractivity contribution in [2.45, 2.75) is 55.7 Å². The van der Waals surface area contributed by atoms with E-state index in [-0.39, 0.29) is 6.04 Å². The number of aromatic nitrogens is 4. The van der Waals surface area contributed by atoms with Crippen molar-refractivity contribution >= 4 is 28.7 Å². The number of nitrogens with zero attached hydrogens (tertiary/aromatic N) is 4. The number of aliphatic hydroxyl groups is 2. The van der Waals surface area contributed by atoms with Gasteiger partial charge in [-0.1, -0.05) is 18.2 Å². The molecule has 0 bridgehead atoms. The molecule has 1 aromatic carbocycles. The molecule has 2 aliphatic rings. The van der Waals surface area contributed by atoms with Crippen molar-refractivity contribution in [2.75, 3.05) is 24.3 Å². The second-order valence-corrected chi connectivity index (χ2v) is 9.36. The molecule has 2 unspecified atom stereocenters. The Labute approximate surface area is 190 Å². The van der Waals surface area contributed by atoms with Gasteiger partial charge in [-0.25, -0.2) is 15.0 Å². The maximum absolute atomic E-state index is 10.8. The van der Waals surface area contributed by atoms with Gasteiger partial charge in [0.2, 0.25) is 0 Å². The van der Waals surface area contributed by atoms with E-state index in [4.69, 9.17) is 9.47 Å². The molecule has 2 saturated heterocycles. The lowest BCUT2D eigenvalue weighted by atomic mass is 10.1. The lowest BCUT2D eigenvalue weighted by Gasteiger charge is -2.17. The molecule has 3 N–H and O–H groups in total. The number of fused-ring (bicyclic) bond motifs is 1. The van der Waals surface area contributed by atoms with E-state index < -0.39 is 24.5 Å². The van der Waals surface area contributed by atoms with Gasteiger partial charge in [-0.3, -0.25) is 4.57 Å². The summed E-state index contributed by atoms with van der Waals surface area (Å²) in [5.74, 6) is 1.15. The molecule has 2 fully saturated rings. The van der Waals surface area contributed by atoms with E-state index in [0.717, 1.165) is 13.0 Å². The summed E-state index contributed by atoms with van der Waals surface area (Å²) in [6.07, 6.45) is 0.544. The van der Waals surface area contributed by atoms with Gasteiger partial charge in [-0.05, 0) is 31.4 Å². The third-order valence-electron chi connectivity index (χ3n) is 6.04. The van der Waals surface area contributed by atoms with Gasteiger partial charge in [0.1, 0.15) is 18.5 Å². The van der Waals surface area contributed by atoms with Crippen LogP contribution >= 0.6 is 11.8 Å². The zero-order valence-corrected chi connectivity index (χ0v) is 18.8. The summed E-state index contributed by atoms with van der Waals surface area (Å²) in [6, 6.07) is 6.35. The second kappa shape index (κ2) is 8.95. The van der Waals surface area contributed by atoms with Crippen LogP contribution in [-0.2, 0) is 9.47 Å². The number of aryl methyl sites for hydroxylation is 2. The number of rotatable bonds is 6. The molecule has 0 saturated carbocycles. The normalized spacial score (nSPS) is 27.9. The van der Waals surface area contributed by atoms with Crippen molar-refractivity contribution in [3.05, 3.63) is 42.0 Å². The van der Waals surface area contributed by atoms with Crippen LogP contribution in [0.15, 0.2) is 35.7 Å². The number of benzene rings is 1. The molecule has 5 atom stereocenters. The van der Waals surface area contributed by atoms with E-state index >= 15 is 0 Å². The lowest BCUT2D eigenvalue weighted by Crippen LogP contribution is -2.32. The molecule has 170 valence electrons. The molecule has 2 aliphatic heterocycles. The molecule has 10 heteroatoms. The molecule has 3 aromatic rings. The van der Waals surface area contributed by atoms with Crippen molar-refractivity contribution in [1.29, 1.82) is 0 Å². The average Bonchev–Trinajstić information content (AvgIpc) is 3.50. The SMILES string of the molecule is Cc1cccc(C)c1SC[C@H]1OC(n2cnc3c(NC4CCOC4)ncnc32)[C@H](O)[C@@H]1O. The van der Waals surface area contributed by atoms with Gasteiger partial charge in [-0.2, -0.15) is 0 Å². The monoisotopic (exact) mass is 457 g/mol. The molecule has 0 amide bonds. The highest BCUT2D eigenvalue weighted by Crippen LogP contribution is 2.36. The lowest BCUT2D eigenvalue weighted by molar-refractivity contribution is -0.0289. The summed E-state index contributed by atoms with van der Waals surface area (Å²) in [7, 11) is 0. The summed E-state index contributed by atoms with van der Waals surface area (Å²) in [6.45, 7) is 5.49. The van der Waals surface area contributed by atoms with Crippen LogP contribution in [-0.4, -0.2) is 73.1 Å². The van der Waals surface area contributed by atoms with Crippen LogP contribution in [0.2, 0.25) is 0 Å². The first-order chi connectivity index (χ1) is 15.5. The van der Waals surface area contributed by atoms with Gasteiger partial charge >= 0.3 is 0 Å². The highest BCUT2D eigenvalue weighted by molar-refractivity contribution is 7.99. The Morgan fingerprint density at radius 1 is 1.16 bits per heavy atom. The fourth-order valence-corrected chi connectivity index (χ4v) is 5.47. The van der Waals surface area contributed by atoms with Crippen LogP contribution in [0.25, 0.3) is 11.2 Å². The van der Waals surface area contributed by atoms with E-state index in [1.54, 1.807) is 22.7 Å². The Hall–Kier alpha value is -2.24. The van der Waals surface area contributed by atoms with Crippen molar-refractivity contribution in [3.63, 3.8) is 0 Å². The highest BCUT2D eigenvalue weighted by Gasteiger charge is 2.44. The number of nitrogens with one attached hydrogen (secondary N) is 1. The minimum atomic E-state index is -1.09. The topological polar surface area (TPSA) is 115 Å². The number of thioether (sulfide) groups is 1. The fraction of sp³-hybridized carbons (Fsp3) is 0.500. The fourth-order valence-electron chi connectivity index (χ4n) is 4.27. The summed E-state index contributed by atoms with van der Waals surface area (Å²) in [5, 5.41) is 24.8. The van der Waals surface area contributed by atoms with Crippen LogP contribution < -0.4 is 5.32 Å². The molecule has 0 aliphatic carbocycles. The molecular formula is C22H27N5O4S.